The third kappa shape index (κ3) is 5.57. The monoisotopic (exact) mass is 423 g/mol. The average molecular weight is 424 g/mol. The van der Waals surface area contributed by atoms with Gasteiger partial charge in [0.25, 0.3) is 0 Å². The summed E-state index contributed by atoms with van der Waals surface area (Å²) in [5, 5.41) is 0. The van der Waals surface area contributed by atoms with Gasteiger partial charge in [0, 0.05) is 12.2 Å². The molecule has 0 bridgehead atoms. The van der Waals surface area contributed by atoms with E-state index in [0.717, 1.165) is 18.4 Å². The van der Waals surface area contributed by atoms with Crippen LogP contribution < -0.4 is 5.73 Å². The van der Waals surface area contributed by atoms with Crippen molar-refractivity contribution in [2.75, 3.05) is 19.8 Å². The summed E-state index contributed by atoms with van der Waals surface area (Å²) in [4.78, 5) is 12.1. The molecule has 8 nitrogen and oxygen atoms in total. The van der Waals surface area contributed by atoms with Crippen LogP contribution in [0.25, 0.3) is 0 Å². The van der Waals surface area contributed by atoms with Crippen molar-refractivity contribution in [3.05, 3.63) is 35.9 Å². The molecule has 2 saturated heterocycles. The summed E-state index contributed by atoms with van der Waals surface area (Å²) in [5.74, 6) is -0.442. The number of benzene rings is 1. The number of fused-ring (bicyclic) bond motifs is 1. The molecule has 2 fully saturated rings. The van der Waals surface area contributed by atoms with Gasteiger partial charge in [-0.2, -0.15) is 0 Å². The van der Waals surface area contributed by atoms with Crippen LogP contribution in [-0.4, -0.2) is 62.5 Å². The zero-order chi connectivity index (χ0) is 21.5. The highest BCUT2D eigenvalue weighted by atomic mass is 16.8. The van der Waals surface area contributed by atoms with Crippen LogP contribution in [0.2, 0.25) is 0 Å². The highest BCUT2D eigenvalue weighted by Crippen LogP contribution is 2.35. The first-order valence-corrected chi connectivity index (χ1v) is 10.7. The van der Waals surface area contributed by atoms with Crippen molar-refractivity contribution < 1.29 is 33.2 Å². The molecule has 0 radical (unpaired) electrons. The summed E-state index contributed by atoms with van der Waals surface area (Å²) in [6, 6.07) is 9.01. The molecule has 2 aliphatic rings. The van der Waals surface area contributed by atoms with Crippen LogP contribution in [0.4, 0.5) is 0 Å². The Morgan fingerprint density at radius 1 is 1.23 bits per heavy atom. The molecule has 2 N–H and O–H groups in total. The first kappa shape index (κ1) is 23.1. The van der Waals surface area contributed by atoms with Crippen LogP contribution >= 0.6 is 0 Å². The molecule has 0 aromatic heterocycles. The second-order valence-corrected chi connectivity index (χ2v) is 7.52. The lowest BCUT2D eigenvalue weighted by Gasteiger charge is -2.48. The van der Waals surface area contributed by atoms with Crippen LogP contribution in [-0.2, 0) is 33.2 Å². The van der Waals surface area contributed by atoms with Crippen molar-refractivity contribution in [3.63, 3.8) is 0 Å². The Balaban J connectivity index is 1.76. The molecule has 1 aromatic rings. The fourth-order valence-electron chi connectivity index (χ4n) is 3.59. The molecule has 30 heavy (non-hydrogen) atoms. The summed E-state index contributed by atoms with van der Waals surface area (Å²) < 4.78 is 35.2. The second kappa shape index (κ2) is 11.2. The molecule has 1 aromatic carbocycles. The second-order valence-electron chi connectivity index (χ2n) is 7.52. The van der Waals surface area contributed by atoms with E-state index in [-0.39, 0.29) is 6.61 Å². The van der Waals surface area contributed by atoms with E-state index in [4.69, 9.17) is 34.2 Å². The van der Waals surface area contributed by atoms with Gasteiger partial charge in [0.15, 0.2) is 18.7 Å². The number of unbranched alkanes of at least 4 members (excludes halogenated alkanes) is 1. The maximum Gasteiger partial charge on any atom is 0.334 e. The van der Waals surface area contributed by atoms with Crippen LogP contribution in [0.3, 0.4) is 0 Å². The number of ether oxygens (including phenoxy) is 6. The van der Waals surface area contributed by atoms with Crippen LogP contribution in [0.1, 0.15) is 45.5 Å². The molecule has 2 heterocycles. The van der Waals surface area contributed by atoms with E-state index in [9.17, 15) is 4.79 Å². The minimum atomic E-state index is -0.794. The molecule has 2 aliphatic heterocycles. The number of esters is 1. The van der Waals surface area contributed by atoms with Crippen molar-refractivity contribution in [3.8, 4) is 0 Å². The number of hydrogen-bond donors (Lipinski definition) is 1. The molecule has 3 unspecified atom stereocenters. The van der Waals surface area contributed by atoms with Crippen LogP contribution in [0, 0.1) is 0 Å². The quantitative estimate of drug-likeness (QED) is 0.477. The molecule has 0 spiro atoms. The smallest absolute Gasteiger partial charge is 0.334 e. The Hall–Kier alpha value is -1.55. The van der Waals surface area contributed by atoms with Crippen molar-refractivity contribution in [2.45, 2.75) is 76.7 Å². The molecular weight excluding hydrogens is 390 g/mol. The minimum absolute atomic E-state index is 0.279. The first-order chi connectivity index (χ1) is 14.5. The molecule has 0 aliphatic carbocycles. The van der Waals surface area contributed by atoms with E-state index in [1.807, 2.05) is 30.3 Å². The zero-order valence-corrected chi connectivity index (χ0v) is 17.9. The van der Waals surface area contributed by atoms with Crippen LogP contribution in [0.15, 0.2) is 30.3 Å². The number of hydrogen-bond acceptors (Lipinski definition) is 8. The number of rotatable bonds is 9. The SMILES string of the molecule is CCCCO[C@H]1OC2COC(c3ccccc3)O[C@H]2C(O[C@@H](C)C(=O)OCC)[C@@H]1N. The summed E-state index contributed by atoms with van der Waals surface area (Å²) in [6.07, 6.45) is -1.68. The predicted octanol–water partition coefficient (Wildman–Crippen LogP) is 2.31. The number of carbonyl (C=O) groups excluding carboxylic acids is 1. The molecule has 7 atom stereocenters. The van der Waals surface area contributed by atoms with Gasteiger partial charge in [-0.25, -0.2) is 4.79 Å². The lowest BCUT2D eigenvalue weighted by molar-refractivity contribution is -0.348. The van der Waals surface area contributed by atoms with Gasteiger partial charge in [0.05, 0.1) is 19.3 Å². The minimum Gasteiger partial charge on any atom is -0.464 e. The maximum absolute atomic E-state index is 12.1. The molecular formula is C22H33NO7. The number of carbonyl (C=O) groups is 1. The van der Waals surface area contributed by atoms with Gasteiger partial charge in [-0.3, -0.25) is 0 Å². The highest BCUT2D eigenvalue weighted by molar-refractivity contribution is 5.74. The highest BCUT2D eigenvalue weighted by Gasteiger charge is 2.50. The van der Waals surface area contributed by atoms with E-state index >= 15 is 0 Å². The van der Waals surface area contributed by atoms with Crippen molar-refractivity contribution in [2.24, 2.45) is 5.73 Å². The first-order valence-electron chi connectivity index (χ1n) is 10.7. The summed E-state index contributed by atoms with van der Waals surface area (Å²) >= 11 is 0. The standard InChI is InChI=1S/C22H33NO7/c1-4-6-12-26-22-17(23)19(28-14(3)20(24)25-5-2)18-16(29-22)13-27-21(30-18)15-10-8-7-9-11-15/h7-11,14,16-19,21-22H,4-6,12-13,23H2,1-3H3/t14-,16?,17-,18+,19?,21?,22-/m0/s1. The van der Waals surface area contributed by atoms with Crippen molar-refractivity contribution >= 4 is 5.97 Å². The molecule has 0 amide bonds. The van der Waals surface area contributed by atoms with Gasteiger partial charge in [0.1, 0.15) is 18.3 Å². The third-order valence-corrected chi connectivity index (χ3v) is 5.22. The normalized spacial score (nSPS) is 32.3. The Morgan fingerprint density at radius 3 is 2.70 bits per heavy atom. The molecule has 0 saturated carbocycles. The van der Waals surface area contributed by atoms with Crippen LogP contribution in [0.5, 0.6) is 0 Å². The van der Waals surface area contributed by atoms with Gasteiger partial charge in [-0.05, 0) is 20.3 Å². The lowest BCUT2D eigenvalue weighted by Crippen LogP contribution is -2.66. The van der Waals surface area contributed by atoms with E-state index in [1.54, 1.807) is 13.8 Å². The lowest BCUT2D eigenvalue weighted by atomic mass is 9.96. The predicted molar refractivity (Wildman–Crippen MR) is 108 cm³/mol. The van der Waals surface area contributed by atoms with E-state index in [2.05, 4.69) is 6.92 Å². The van der Waals surface area contributed by atoms with Gasteiger partial charge in [0.2, 0.25) is 0 Å². The largest absolute Gasteiger partial charge is 0.464 e. The van der Waals surface area contributed by atoms with Crippen molar-refractivity contribution in [1.82, 2.24) is 0 Å². The van der Waals surface area contributed by atoms with Gasteiger partial charge in [-0.15, -0.1) is 0 Å². The topological polar surface area (TPSA) is 98.5 Å². The van der Waals surface area contributed by atoms with Crippen molar-refractivity contribution in [1.29, 1.82) is 0 Å². The molecule has 3 rings (SSSR count). The third-order valence-electron chi connectivity index (χ3n) is 5.22. The zero-order valence-electron chi connectivity index (χ0n) is 17.9. The Bertz CT molecular complexity index is 658. The molecule has 8 heteroatoms. The van der Waals surface area contributed by atoms with E-state index < -0.39 is 49.0 Å². The summed E-state index contributed by atoms with van der Waals surface area (Å²) in [6.45, 7) is 6.60. The Labute approximate surface area is 177 Å². The van der Waals surface area contributed by atoms with E-state index in [1.165, 1.54) is 0 Å². The summed E-state index contributed by atoms with van der Waals surface area (Å²) in [5.41, 5.74) is 7.36. The van der Waals surface area contributed by atoms with Gasteiger partial charge < -0.3 is 34.2 Å². The fraction of sp³-hybridized carbons (Fsp3) is 0.682. The molecule has 168 valence electrons. The Morgan fingerprint density at radius 2 is 2.00 bits per heavy atom. The van der Waals surface area contributed by atoms with Gasteiger partial charge >= 0.3 is 5.97 Å². The maximum atomic E-state index is 12.1. The average Bonchev–Trinajstić information content (AvgIpc) is 2.77. The number of nitrogens with two attached hydrogens (primary N) is 1. The summed E-state index contributed by atoms with van der Waals surface area (Å²) in [7, 11) is 0. The van der Waals surface area contributed by atoms with E-state index in [0.29, 0.717) is 13.2 Å². The van der Waals surface area contributed by atoms with Gasteiger partial charge in [-0.1, -0.05) is 43.7 Å². The Kier molecular flexibility index (Phi) is 8.61. The fourth-order valence-corrected chi connectivity index (χ4v) is 3.59.